The van der Waals surface area contributed by atoms with Crippen LogP contribution in [0.25, 0.3) is 0 Å². The first kappa shape index (κ1) is 8.16. The van der Waals surface area contributed by atoms with Crippen LogP contribution >= 0.6 is 0 Å². The van der Waals surface area contributed by atoms with Crippen LogP contribution in [0.2, 0.25) is 0 Å². The largest absolute Gasteiger partial charge is 0.366 e. The molecule has 74 valence electrons. The highest BCUT2D eigenvalue weighted by atomic mass is 16.2. The molecule has 15 heavy (non-hydrogen) atoms. The highest BCUT2D eigenvalue weighted by molar-refractivity contribution is 5.94. The molecule has 0 aromatic rings. The molecule has 3 rings (SSSR count). The molecular formula is C10H8N4O. The summed E-state index contributed by atoms with van der Waals surface area (Å²) in [4.78, 5) is 11.3. The first-order chi connectivity index (χ1) is 7.24. The van der Waals surface area contributed by atoms with Gasteiger partial charge in [0.2, 0.25) is 0 Å². The van der Waals surface area contributed by atoms with Crippen molar-refractivity contribution in [3.8, 4) is 0 Å². The van der Waals surface area contributed by atoms with E-state index in [0.717, 1.165) is 11.3 Å². The summed E-state index contributed by atoms with van der Waals surface area (Å²) in [7, 11) is 0. The maximum atomic E-state index is 11.3. The number of carbonyl (C=O) groups excluding carboxylic acids is 1. The first-order valence-corrected chi connectivity index (χ1v) is 4.55. The number of allylic oxidation sites excluding steroid dienone is 5. The summed E-state index contributed by atoms with van der Waals surface area (Å²) in [6.07, 6.45) is 9.30. The SMILES string of the molecule is NC(=O)C12N=NC3=C1C(=C/C=C\C=C/3)\N2. The molecule has 2 aliphatic heterocycles. The Morgan fingerprint density at radius 1 is 1.40 bits per heavy atom. The van der Waals surface area contributed by atoms with E-state index in [9.17, 15) is 4.79 Å². The van der Waals surface area contributed by atoms with Crippen LogP contribution in [0.15, 0.2) is 57.6 Å². The lowest BCUT2D eigenvalue weighted by Crippen LogP contribution is -2.63. The molecule has 1 atom stereocenters. The van der Waals surface area contributed by atoms with Crippen molar-refractivity contribution in [1.29, 1.82) is 0 Å². The van der Waals surface area contributed by atoms with E-state index in [4.69, 9.17) is 5.73 Å². The van der Waals surface area contributed by atoms with Crippen molar-refractivity contribution in [1.82, 2.24) is 5.32 Å². The molecule has 0 aromatic heterocycles. The Morgan fingerprint density at radius 3 is 3.07 bits per heavy atom. The molecule has 3 aliphatic rings. The highest BCUT2D eigenvalue weighted by Crippen LogP contribution is 2.43. The van der Waals surface area contributed by atoms with Crippen molar-refractivity contribution >= 4 is 5.91 Å². The van der Waals surface area contributed by atoms with Gasteiger partial charge in [0.1, 0.15) is 0 Å². The molecule has 5 nitrogen and oxygen atoms in total. The second kappa shape index (κ2) is 2.44. The average molecular weight is 200 g/mol. The normalized spacial score (nSPS) is 37.7. The maximum absolute atomic E-state index is 11.3. The molecular weight excluding hydrogens is 192 g/mol. The first-order valence-electron chi connectivity index (χ1n) is 4.55. The number of nitrogens with two attached hydrogens (primary N) is 1. The number of hydrogen-bond acceptors (Lipinski definition) is 4. The van der Waals surface area contributed by atoms with Gasteiger partial charge in [0.05, 0.1) is 11.3 Å². The molecule has 0 bridgehead atoms. The van der Waals surface area contributed by atoms with Gasteiger partial charge in [0.15, 0.2) is 0 Å². The summed E-state index contributed by atoms with van der Waals surface area (Å²) in [5.41, 5.74) is 6.52. The summed E-state index contributed by atoms with van der Waals surface area (Å²) in [5.74, 6) is -0.522. The predicted octanol–water partition coefficient (Wildman–Crippen LogP) is 0.501. The third-order valence-corrected chi connectivity index (χ3v) is 2.61. The second-order valence-electron chi connectivity index (χ2n) is 3.48. The number of amides is 1. The van der Waals surface area contributed by atoms with Gasteiger partial charge in [-0.1, -0.05) is 18.2 Å². The van der Waals surface area contributed by atoms with Gasteiger partial charge in [-0.15, -0.1) is 5.11 Å². The van der Waals surface area contributed by atoms with Gasteiger partial charge in [-0.05, 0) is 12.2 Å². The Kier molecular flexibility index (Phi) is 1.33. The number of nitrogens with one attached hydrogen (secondary N) is 1. The van der Waals surface area contributed by atoms with Crippen LogP contribution in [0.4, 0.5) is 0 Å². The zero-order valence-electron chi connectivity index (χ0n) is 7.77. The molecule has 0 saturated carbocycles. The van der Waals surface area contributed by atoms with Gasteiger partial charge in [-0.2, -0.15) is 5.11 Å². The van der Waals surface area contributed by atoms with E-state index in [1.807, 2.05) is 30.4 Å². The van der Waals surface area contributed by atoms with Crippen molar-refractivity contribution in [2.75, 3.05) is 0 Å². The van der Waals surface area contributed by atoms with E-state index in [2.05, 4.69) is 15.5 Å². The average Bonchev–Trinajstić information content (AvgIpc) is 2.42. The van der Waals surface area contributed by atoms with Crippen molar-refractivity contribution in [3.63, 3.8) is 0 Å². The highest BCUT2D eigenvalue weighted by Gasteiger charge is 2.55. The van der Waals surface area contributed by atoms with E-state index in [-0.39, 0.29) is 0 Å². The van der Waals surface area contributed by atoms with Crippen LogP contribution < -0.4 is 11.1 Å². The van der Waals surface area contributed by atoms with E-state index in [1.165, 1.54) is 0 Å². The van der Waals surface area contributed by atoms with Gasteiger partial charge < -0.3 is 11.1 Å². The number of azo groups is 1. The topological polar surface area (TPSA) is 79.8 Å². The molecule has 2 heterocycles. The summed E-state index contributed by atoms with van der Waals surface area (Å²) >= 11 is 0. The molecule has 0 spiro atoms. The Bertz CT molecular complexity index is 510. The maximum Gasteiger partial charge on any atom is 0.272 e. The molecule has 3 N–H and O–H groups in total. The smallest absolute Gasteiger partial charge is 0.272 e. The molecule has 0 radical (unpaired) electrons. The number of carbonyl (C=O) groups is 1. The molecule has 1 aliphatic carbocycles. The zero-order chi connectivity index (χ0) is 10.5. The summed E-state index contributed by atoms with van der Waals surface area (Å²) in [5, 5.41) is 10.8. The van der Waals surface area contributed by atoms with E-state index in [0.29, 0.717) is 5.70 Å². The number of nitrogens with zero attached hydrogens (tertiary/aromatic N) is 2. The van der Waals surface area contributed by atoms with Crippen molar-refractivity contribution in [3.05, 3.63) is 47.3 Å². The minimum absolute atomic E-state index is 0.522. The Balaban J connectivity index is 2.18. The fraction of sp³-hybridized carbons (Fsp3) is 0.100. The van der Waals surface area contributed by atoms with E-state index in [1.54, 1.807) is 0 Å². The van der Waals surface area contributed by atoms with E-state index < -0.39 is 11.6 Å². The Labute approximate surface area is 85.7 Å². The summed E-state index contributed by atoms with van der Waals surface area (Å²) in [6, 6.07) is 0. The van der Waals surface area contributed by atoms with Crippen LogP contribution in [0, 0.1) is 0 Å². The minimum atomic E-state index is -1.11. The number of hydrogen-bond donors (Lipinski definition) is 2. The number of rotatable bonds is 1. The Morgan fingerprint density at radius 2 is 2.27 bits per heavy atom. The fourth-order valence-corrected chi connectivity index (χ4v) is 1.87. The van der Waals surface area contributed by atoms with Gasteiger partial charge >= 0.3 is 0 Å². The Hall–Kier alpha value is -2.17. The predicted molar refractivity (Wildman–Crippen MR) is 53.3 cm³/mol. The van der Waals surface area contributed by atoms with Gasteiger partial charge in [0.25, 0.3) is 11.6 Å². The van der Waals surface area contributed by atoms with Gasteiger partial charge in [-0.25, -0.2) is 0 Å². The molecule has 1 saturated heterocycles. The lowest BCUT2D eigenvalue weighted by atomic mass is 9.85. The summed E-state index contributed by atoms with van der Waals surface area (Å²) < 4.78 is 0. The standard InChI is InChI=1S/C10H8N4O/c11-9(15)10-8-6(12-10)4-2-1-3-5-7(8)13-14-10/h1-5,12H,(H2,11,15)/b2-1-,3-1?,4-2?,5-3-,6-4+,7-5?. The van der Waals surface area contributed by atoms with Crippen molar-refractivity contribution in [2.24, 2.45) is 16.0 Å². The third-order valence-electron chi connectivity index (χ3n) is 2.61. The second-order valence-corrected chi connectivity index (χ2v) is 3.48. The molecule has 5 heteroatoms. The molecule has 1 fully saturated rings. The van der Waals surface area contributed by atoms with Crippen LogP contribution in [0.1, 0.15) is 0 Å². The van der Waals surface area contributed by atoms with Crippen LogP contribution in [0.3, 0.4) is 0 Å². The van der Waals surface area contributed by atoms with Gasteiger partial charge in [0, 0.05) is 5.70 Å². The zero-order valence-corrected chi connectivity index (χ0v) is 7.77. The minimum Gasteiger partial charge on any atom is -0.366 e. The van der Waals surface area contributed by atoms with Crippen LogP contribution in [-0.2, 0) is 4.79 Å². The van der Waals surface area contributed by atoms with Gasteiger partial charge in [-0.3, -0.25) is 4.79 Å². The summed E-state index contributed by atoms with van der Waals surface area (Å²) in [6.45, 7) is 0. The molecule has 0 aromatic carbocycles. The van der Waals surface area contributed by atoms with Crippen LogP contribution in [0.5, 0.6) is 0 Å². The monoisotopic (exact) mass is 200 g/mol. The number of primary amides is 1. The van der Waals surface area contributed by atoms with E-state index >= 15 is 0 Å². The molecule has 1 unspecified atom stereocenters. The van der Waals surface area contributed by atoms with Crippen molar-refractivity contribution < 1.29 is 4.79 Å². The fourth-order valence-electron chi connectivity index (χ4n) is 1.87. The quantitative estimate of drug-likeness (QED) is 0.646. The third kappa shape index (κ3) is 0.843. The molecule has 1 amide bonds. The van der Waals surface area contributed by atoms with Crippen LogP contribution in [-0.4, -0.2) is 11.6 Å². The lowest BCUT2D eigenvalue weighted by Gasteiger charge is -2.39. The van der Waals surface area contributed by atoms with Crippen molar-refractivity contribution in [2.45, 2.75) is 5.66 Å². The lowest BCUT2D eigenvalue weighted by molar-refractivity contribution is -0.123.